The SMILES string of the molecule is N#Cc1ccc(NC2CCC(N(C(=O)NCc3ccccc3)c3ccc(-c4ccnc(OCCOCCCCOCCOCCNC(=O)COc5cccc6c5C(=O)N(C5CCC(=O)NC5=O)C6=O)c4)cc3)CC2)nc1. The fourth-order valence-corrected chi connectivity index (χ4v) is 9.17. The molecule has 0 bridgehead atoms. The van der Waals surface area contributed by atoms with Crippen LogP contribution in [0.5, 0.6) is 11.6 Å². The van der Waals surface area contributed by atoms with Crippen molar-refractivity contribution in [2.24, 2.45) is 0 Å². The third-order valence-corrected chi connectivity index (χ3v) is 13.1. The molecule has 1 unspecified atom stereocenters. The summed E-state index contributed by atoms with van der Waals surface area (Å²) in [6.07, 6.45) is 8.24. The van der Waals surface area contributed by atoms with E-state index < -0.39 is 42.2 Å². The smallest absolute Gasteiger partial charge is 0.322 e. The monoisotopic (exact) mass is 1040 g/mol. The number of imide groups is 2. The van der Waals surface area contributed by atoms with E-state index in [-0.39, 0.29) is 61.0 Å². The van der Waals surface area contributed by atoms with E-state index in [4.69, 9.17) is 28.9 Å². The molecule has 2 aliphatic heterocycles. The average Bonchev–Trinajstić information content (AvgIpc) is 3.72. The van der Waals surface area contributed by atoms with Gasteiger partial charge in [0.2, 0.25) is 17.7 Å². The zero-order valence-electron chi connectivity index (χ0n) is 42.1. The van der Waals surface area contributed by atoms with E-state index in [9.17, 15) is 28.8 Å². The lowest BCUT2D eigenvalue weighted by molar-refractivity contribution is -0.136. The van der Waals surface area contributed by atoms with E-state index in [1.165, 1.54) is 18.2 Å². The molecule has 2 aromatic heterocycles. The number of nitrogens with one attached hydrogen (secondary N) is 4. The quantitative estimate of drug-likeness (QED) is 0.0368. The van der Waals surface area contributed by atoms with Crippen LogP contribution in [-0.4, -0.2) is 128 Å². The number of rotatable bonds is 26. The van der Waals surface area contributed by atoms with Gasteiger partial charge in [0.15, 0.2) is 6.61 Å². The lowest BCUT2D eigenvalue weighted by Crippen LogP contribution is -2.54. The highest BCUT2D eigenvalue weighted by atomic mass is 16.5. The first-order chi connectivity index (χ1) is 37.1. The Kier molecular flexibility index (Phi) is 19.4. The van der Waals surface area contributed by atoms with Crippen molar-refractivity contribution in [3.8, 4) is 28.8 Å². The number of pyridine rings is 2. The Morgan fingerprint density at radius 3 is 2.21 bits per heavy atom. The van der Waals surface area contributed by atoms with Gasteiger partial charge in [-0.2, -0.15) is 5.26 Å². The number of hydrogen-bond donors (Lipinski definition) is 4. The largest absolute Gasteiger partial charge is 0.483 e. The Bertz CT molecular complexity index is 2840. The van der Waals surface area contributed by atoms with Crippen LogP contribution >= 0.6 is 0 Å². The number of anilines is 2. The highest BCUT2D eigenvalue weighted by Crippen LogP contribution is 2.34. The molecule has 5 aromatic rings. The number of hydrogen-bond acceptors (Lipinski definition) is 15. The number of ether oxygens (including phenoxy) is 5. The summed E-state index contributed by atoms with van der Waals surface area (Å²) in [4.78, 5) is 88.1. The maximum atomic E-state index is 13.9. The third-order valence-electron chi connectivity index (χ3n) is 13.1. The maximum Gasteiger partial charge on any atom is 0.322 e. The Hall–Kier alpha value is -8.25. The predicted octanol–water partition coefficient (Wildman–Crippen LogP) is 5.96. The molecule has 3 aromatic carbocycles. The minimum atomic E-state index is -1.11. The van der Waals surface area contributed by atoms with Crippen molar-refractivity contribution in [1.29, 1.82) is 5.26 Å². The first kappa shape index (κ1) is 54.0. The van der Waals surface area contributed by atoms with Gasteiger partial charge in [0.1, 0.15) is 30.3 Å². The fraction of sp³-hybridized carbons (Fsp3) is 0.375. The maximum absolute atomic E-state index is 13.9. The molecule has 3 aliphatic rings. The molecule has 2 fully saturated rings. The minimum absolute atomic E-state index is 0.00292. The first-order valence-corrected chi connectivity index (χ1v) is 25.6. The van der Waals surface area contributed by atoms with E-state index in [0.29, 0.717) is 57.6 Å². The zero-order chi connectivity index (χ0) is 53.1. The van der Waals surface area contributed by atoms with Gasteiger partial charge in [-0.15, -0.1) is 0 Å². The number of piperidine rings is 1. The van der Waals surface area contributed by atoms with Gasteiger partial charge in [-0.25, -0.2) is 14.8 Å². The number of benzene rings is 3. The van der Waals surface area contributed by atoms with E-state index in [1.807, 2.05) is 77.7 Å². The molecule has 4 N–H and O–H groups in total. The molecular weight excluding hydrogens is 975 g/mol. The van der Waals surface area contributed by atoms with Crippen molar-refractivity contribution in [1.82, 2.24) is 30.8 Å². The highest BCUT2D eigenvalue weighted by molar-refractivity contribution is 6.24. The van der Waals surface area contributed by atoms with Gasteiger partial charge in [-0.3, -0.25) is 39.1 Å². The minimum Gasteiger partial charge on any atom is -0.483 e. The van der Waals surface area contributed by atoms with Crippen molar-refractivity contribution in [2.75, 3.05) is 69.6 Å². The first-order valence-electron chi connectivity index (χ1n) is 25.6. The predicted molar refractivity (Wildman–Crippen MR) is 278 cm³/mol. The summed E-state index contributed by atoms with van der Waals surface area (Å²) >= 11 is 0. The second kappa shape index (κ2) is 27.3. The lowest BCUT2D eigenvalue weighted by atomic mass is 9.89. The molecule has 1 saturated carbocycles. The molecule has 0 radical (unpaired) electrons. The number of urea groups is 1. The summed E-state index contributed by atoms with van der Waals surface area (Å²) < 4.78 is 28.5. The molecule has 76 heavy (non-hydrogen) atoms. The van der Waals surface area contributed by atoms with Crippen LogP contribution in [0, 0.1) is 11.3 Å². The van der Waals surface area contributed by atoms with Crippen LogP contribution in [0.3, 0.4) is 0 Å². The second-order valence-corrected chi connectivity index (χ2v) is 18.3. The average molecular weight is 1040 g/mol. The van der Waals surface area contributed by atoms with Gasteiger partial charge in [0.05, 0.1) is 43.1 Å². The molecule has 1 saturated heterocycles. The standard InChI is InChI=1S/C56H61N9O11/c57-34-39-11-21-48(60-36-39)62-42-14-18-44(19-15-42)64(56(71)61-35-38-7-2-1-3-8-38)43-16-12-40(13-17-43)41-23-24-59-51(33-41)75-32-31-73-27-5-4-26-72-29-30-74-28-25-58-50(67)37-76-47-10-6-9-45-52(47)55(70)65(54(45)69)46-20-22-49(66)63-53(46)68/h1-3,6-13,16-17,21,23-24,33,36,42,44,46H,4-5,14-15,18-20,22,25-32,35,37H2,(H,58,67)(H,60,62)(H,61,71)(H,63,66,68). The molecule has 20 nitrogen and oxygen atoms in total. The molecule has 0 spiro atoms. The number of unbranched alkanes of at least 4 members (excludes halogenated alkanes) is 1. The molecule has 7 amide bonds. The molecule has 1 atom stereocenters. The van der Waals surface area contributed by atoms with Crippen molar-refractivity contribution in [2.45, 2.75) is 76.0 Å². The number of carbonyl (C=O) groups is 6. The highest BCUT2D eigenvalue weighted by Gasteiger charge is 2.46. The third kappa shape index (κ3) is 14.7. The van der Waals surface area contributed by atoms with Gasteiger partial charge in [0.25, 0.3) is 17.7 Å². The molecular formula is C56H61N9O11. The normalized spacial score (nSPS) is 17.0. The number of nitrogens with zero attached hydrogens (tertiary/aromatic N) is 5. The van der Waals surface area contributed by atoms with Crippen LogP contribution in [-0.2, 0) is 35.1 Å². The summed E-state index contributed by atoms with van der Waals surface area (Å²) in [5, 5.41) is 20.6. The fourth-order valence-electron chi connectivity index (χ4n) is 9.17. The summed E-state index contributed by atoms with van der Waals surface area (Å²) in [5.74, 6) is -1.76. The van der Waals surface area contributed by atoms with Gasteiger partial charge in [-0.1, -0.05) is 48.5 Å². The van der Waals surface area contributed by atoms with Crippen molar-refractivity contribution < 1.29 is 52.5 Å². The molecule has 1 aliphatic carbocycles. The Morgan fingerprint density at radius 2 is 1.49 bits per heavy atom. The van der Waals surface area contributed by atoms with Gasteiger partial charge < -0.3 is 39.6 Å². The molecule has 396 valence electrons. The van der Waals surface area contributed by atoms with E-state index in [2.05, 4.69) is 37.3 Å². The van der Waals surface area contributed by atoms with Crippen LogP contribution in [0.4, 0.5) is 16.3 Å². The topological polar surface area (TPSA) is 253 Å². The zero-order valence-corrected chi connectivity index (χ0v) is 42.1. The summed E-state index contributed by atoms with van der Waals surface area (Å²) in [7, 11) is 0. The Balaban J connectivity index is 0.676. The Labute approximate surface area is 440 Å². The summed E-state index contributed by atoms with van der Waals surface area (Å²) in [5.41, 5.74) is 4.26. The molecule has 8 rings (SSSR count). The van der Waals surface area contributed by atoms with Gasteiger partial charge in [0, 0.05) is 69.0 Å². The van der Waals surface area contributed by atoms with Crippen molar-refractivity contribution in [3.63, 3.8) is 0 Å². The van der Waals surface area contributed by atoms with Crippen molar-refractivity contribution in [3.05, 3.63) is 132 Å². The Morgan fingerprint density at radius 1 is 0.737 bits per heavy atom. The van der Waals surface area contributed by atoms with E-state index in [0.717, 1.165) is 71.6 Å². The number of nitriles is 1. The van der Waals surface area contributed by atoms with E-state index in [1.54, 1.807) is 18.5 Å². The molecule has 4 heterocycles. The number of amides is 7. The van der Waals surface area contributed by atoms with Gasteiger partial charge in [-0.05, 0) is 104 Å². The summed E-state index contributed by atoms with van der Waals surface area (Å²) in [6, 6.07) is 30.7. The number of aromatic nitrogens is 2. The van der Waals surface area contributed by atoms with E-state index >= 15 is 0 Å². The van der Waals surface area contributed by atoms with Crippen LogP contribution in [0.2, 0.25) is 0 Å². The van der Waals surface area contributed by atoms with Crippen molar-refractivity contribution >= 4 is 47.1 Å². The van der Waals surface area contributed by atoms with Gasteiger partial charge >= 0.3 is 6.03 Å². The van der Waals surface area contributed by atoms with Crippen LogP contribution < -0.4 is 35.6 Å². The van der Waals surface area contributed by atoms with Crippen LogP contribution in [0.1, 0.15) is 83.2 Å². The lowest BCUT2D eigenvalue weighted by Gasteiger charge is -2.37. The second-order valence-electron chi connectivity index (χ2n) is 18.3. The summed E-state index contributed by atoms with van der Waals surface area (Å²) in [6.45, 7) is 2.99. The molecule has 20 heteroatoms. The number of carbonyl (C=O) groups excluding carboxylic acids is 6. The van der Waals surface area contributed by atoms with Crippen LogP contribution in [0.15, 0.2) is 109 Å². The number of fused-ring (bicyclic) bond motifs is 1. The van der Waals surface area contributed by atoms with Crippen LogP contribution in [0.25, 0.3) is 11.1 Å².